The molecular formula is C29H33Cl2N7O3. The smallest absolute Gasteiger partial charge is 0.143 e. The first-order valence-corrected chi connectivity index (χ1v) is 13.8. The number of hydrogen-bond donors (Lipinski definition) is 3. The summed E-state index contributed by atoms with van der Waals surface area (Å²) >= 11 is 13.1. The number of nitrogen functional groups attached to an aromatic ring is 1. The van der Waals surface area contributed by atoms with Gasteiger partial charge in [-0.3, -0.25) is 0 Å². The van der Waals surface area contributed by atoms with E-state index in [2.05, 4.69) is 44.3 Å². The Morgan fingerprint density at radius 3 is 2.29 bits per heavy atom. The van der Waals surface area contributed by atoms with Crippen LogP contribution >= 0.6 is 23.2 Å². The lowest BCUT2D eigenvalue weighted by atomic mass is 10.1. The first kappa shape index (κ1) is 30.0. The number of pyridine rings is 1. The van der Waals surface area contributed by atoms with Gasteiger partial charge in [0, 0.05) is 36.5 Å². The highest BCUT2D eigenvalue weighted by Gasteiger charge is 2.19. The number of anilines is 5. The molecule has 2 heterocycles. The molecule has 2 aromatic heterocycles. The van der Waals surface area contributed by atoms with Crippen LogP contribution in [0.25, 0.3) is 11.3 Å². The Morgan fingerprint density at radius 1 is 0.902 bits per heavy atom. The van der Waals surface area contributed by atoms with Gasteiger partial charge in [0.15, 0.2) is 0 Å². The third kappa shape index (κ3) is 7.21. The maximum atomic E-state index is 6.57. The van der Waals surface area contributed by atoms with Crippen molar-refractivity contribution < 1.29 is 14.2 Å². The van der Waals surface area contributed by atoms with Crippen molar-refractivity contribution in [2.45, 2.75) is 13.8 Å². The summed E-state index contributed by atoms with van der Waals surface area (Å²) in [5.41, 5.74) is 9.24. The quantitative estimate of drug-likeness (QED) is 0.144. The number of halogens is 2. The second-order valence-corrected chi connectivity index (χ2v) is 9.60. The SMILES string of the molecule is CCN(CC)CCOc1ccc(Nc2cc(-c3cccnc3Nc3c(Cl)c(OC)cc(OC)c3Cl)ncn2)c(N)c1. The number of ether oxygens (including phenoxy) is 3. The number of aromatic nitrogens is 3. The van der Waals surface area contributed by atoms with Crippen molar-refractivity contribution in [2.75, 3.05) is 56.8 Å². The normalized spacial score (nSPS) is 10.9. The number of nitrogens with two attached hydrogens (primary N) is 1. The van der Waals surface area contributed by atoms with E-state index in [-0.39, 0.29) is 10.0 Å². The maximum absolute atomic E-state index is 6.57. The molecule has 0 radical (unpaired) electrons. The zero-order valence-electron chi connectivity index (χ0n) is 23.4. The number of likely N-dealkylation sites (N-methyl/N-ethyl adjacent to an activating group) is 1. The zero-order chi connectivity index (χ0) is 29.4. The van der Waals surface area contributed by atoms with Crippen molar-refractivity contribution in [1.82, 2.24) is 19.9 Å². The van der Waals surface area contributed by atoms with Gasteiger partial charge in [-0.15, -0.1) is 0 Å². The van der Waals surface area contributed by atoms with Gasteiger partial charge in [0.25, 0.3) is 0 Å². The second-order valence-electron chi connectivity index (χ2n) is 8.85. The lowest BCUT2D eigenvalue weighted by Gasteiger charge is -2.18. The molecule has 0 fully saturated rings. The van der Waals surface area contributed by atoms with Crippen molar-refractivity contribution in [3.8, 4) is 28.5 Å². The molecule has 4 N–H and O–H groups in total. The summed E-state index contributed by atoms with van der Waals surface area (Å²) in [5.74, 6) is 2.53. The van der Waals surface area contributed by atoms with Gasteiger partial charge < -0.3 is 35.5 Å². The molecule has 10 nitrogen and oxygen atoms in total. The summed E-state index contributed by atoms with van der Waals surface area (Å²) in [5, 5.41) is 7.06. The summed E-state index contributed by atoms with van der Waals surface area (Å²) < 4.78 is 16.7. The van der Waals surface area contributed by atoms with Gasteiger partial charge in [0.1, 0.15) is 51.9 Å². The number of rotatable bonds is 13. The fraction of sp³-hybridized carbons (Fsp3) is 0.276. The number of nitrogens with zero attached hydrogens (tertiary/aromatic N) is 4. The van der Waals surface area contributed by atoms with Crippen LogP contribution in [0.5, 0.6) is 17.2 Å². The van der Waals surface area contributed by atoms with Crippen LogP contribution < -0.4 is 30.6 Å². The maximum Gasteiger partial charge on any atom is 0.143 e. The van der Waals surface area contributed by atoms with Crippen LogP contribution in [0.1, 0.15) is 13.8 Å². The van der Waals surface area contributed by atoms with Gasteiger partial charge in [-0.05, 0) is 37.4 Å². The van der Waals surface area contributed by atoms with Gasteiger partial charge in [-0.1, -0.05) is 37.0 Å². The molecule has 2 aromatic carbocycles. The molecule has 12 heteroatoms. The summed E-state index contributed by atoms with van der Waals surface area (Å²) in [7, 11) is 3.03. The monoisotopic (exact) mass is 597 g/mol. The average molecular weight is 599 g/mol. The predicted octanol–water partition coefficient (Wildman–Crippen LogP) is 6.65. The molecule has 4 rings (SSSR count). The Balaban J connectivity index is 1.55. The predicted molar refractivity (Wildman–Crippen MR) is 166 cm³/mol. The topological polar surface area (TPSA) is 120 Å². The van der Waals surface area contributed by atoms with E-state index in [1.807, 2.05) is 24.3 Å². The Labute approximate surface area is 249 Å². The van der Waals surface area contributed by atoms with Crippen molar-refractivity contribution in [3.63, 3.8) is 0 Å². The lowest BCUT2D eigenvalue weighted by Crippen LogP contribution is -2.27. The summed E-state index contributed by atoms with van der Waals surface area (Å²) in [6, 6.07) is 12.6. The molecule has 216 valence electrons. The largest absolute Gasteiger partial charge is 0.495 e. The van der Waals surface area contributed by atoms with E-state index < -0.39 is 0 Å². The molecule has 0 aliphatic rings. The van der Waals surface area contributed by atoms with E-state index in [4.69, 9.17) is 43.1 Å². The van der Waals surface area contributed by atoms with Gasteiger partial charge >= 0.3 is 0 Å². The number of benzene rings is 2. The van der Waals surface area contributed by atoms with E-state index in [0.717, 1.165) is 19.6 Å². The molecule has 0 spiro atoms. The van der Waals surface area contributed by atoms with Gasteiger partial charge in [-0.2, -0.15) is 0 Å². The van der Waals surface area contributed by atoms with Gasteiger partial charge in [-0.25, -0.2) is 15.0 Å². The standard InChI is InChI=1S/C29H33Cl2N7O3/c1-5-38(6-2)12-13-41-18-9-10-21(20(32)14-18)36-25-15-22(34-17-35-25)19-8-7-11-33-29(19)37-28-26(30)23(39-3)16-24(40-4)27(28)31/h7-11,14-17H,5-6,12-13,32H2,1-4H3,(H,33,37)(H,34,35,36). The van der Waals surface area contributed by atoms with Crippen molar-refractivity contribution in [3.05, 3.63) is 65.0 Å². The minimum atomic E-state index is 0.288. The van der Waals surface area contributed by atoms with Crippen molar-refractivity contribution >= 4 is 51.9 Å². The minimum Gasteiger partial charge on any atom is -0.495 e. The number of hydrogen-bond acceptors (Lipinski definition) is 10. The van der Waals surface area contributed by atoms with E-state index in [1.165, 1.54) is 20.5 Å². The molecule has 0 saturated carbocycles. The molecule has 0 saturated heterocycles. The van der Waals surface area contributed by atoms with Crippen LogP contribution in [0.4, 0.5) is 28.7 Å². The Hall–Kier alpha value is -3.99. The number of methoxy groups -OCH3 is 2. The first-order valence-electron chi connectivity index (χ1n) is 13.0. The van der Waals surface area contributed by atoms with Crippen molar-refractivity contribution in [2.24, 2.45) is 0 Å². The molecule has 41 heavy (non-hydrogen) atoms. The molecule has 4 aromatic rings. The van der Waals surface area contributed by atoms with E-state index in [0.29, 0.717) is 63.8 Å². The Morgan fingerprint density at radius 2 is 1.63 bits per heavy atom. The number of nitrogens with one attached hydrogen (secondary N) is 2. The molecule has 0 bridgehead atoms. The van der Waals surface area contributed by atoms with E-state index in [1.54, 1.807) is 24.4 Å². The van der Waals surface area contributed by atoms with Crippen molar-refractivity contribution in [1.29, 1.82) is 0 Å². The fourth-order valence-corrected chi connectivity index (χ4v) is 4.71. The van der Waals surface area contributed by atoms with E-state index in [9.17, 15) is 0 Å². The highest BCUT2D eigenvalue weighted by Crippen LogP contribution is 2.45. The van der Waals surface area contributed by atoms with Gasteiger partial charge in [0.05, 0.1) is 37.0 Å². The minimum absolute atomic E-state index is 0.288. The first-order chi connectivity index (χ1) is 19.9. The lowest BCUT2D eigenvalue weighted by molar-refractivity contribution is 0.223. The Kier molecular flexibility index (Phi) is 10.3. The Bertz CT molecular complexity index is 1460. The summed E-state index contributed by atoms with van der Waals surface area (Å²) in [6.45, 7) is 7.68. The highest BCUT2D eigenvalue weighted by atomic mass is 35.5. The van der Waals surface area contributed by atoms with Crippen LogP contribution in [0.2, 0.25) is 10.0 Å². The van der Waals surface area contributed by atoms with Crippen LogP contribution in [-0.2, 0) is 0 Å². The molecular weight excluding hydrogens is 565 g/mol. The van der Waals surface area contributed by atoms with Crippen LogP contribution in [0, 0.1) is 0 Å². The molecule has 0 atom stereocenters. The summed E-state index contributed by atoms with van der Waals surface area (Å²) in [6.07, 6.45) is 3.11. The third-order valence-corrected chi connectivity index (χ3v) is 7.17. The molecule has 0 aliphatic heterocycles. The molecule has 0 amide bonds. The molecule has 0 aliphatic carbocycles. The molecule has 0 unspecified atom stereocenters. The fourth-order valence-electron chi connectivity index (χ4n) is 4.11. The average Bonchev–Trinajstić information content (AvgIpc) is 2.99. The van der Waals surface area contributed by atoms with Crippen LogP contribution in [0.15, 0.2) is 55.0 Å². The van der Waals surface area contributed by atoms with Crippen LogP contribution in [-0.4, -0.2) is 60.3 Å². The van der Waals surface area contributed by atoms with Gasteiger partial charge in [0.2, 0.25) is 0 Å². The zero-order valence-corrected chi connectivity index (χ0v) is 24.9. The third-order valence-electron chi connectivity index (χ3n) is 6.42. The van der Waals surface area contributed by atoms with E-state index >= 15 is 0 Å². The van der Waals surface area contributed by atoms with Crippen LogP contribution in [0.3, 0.4) is 0 Å². The summed E-state index contributed by atoms with van der Waals surface area (Å²) in [4.78, 5) is 15.6. The highest BCUT2D eigenvalue weighted by molar-refractivity contribution is 6.41. The second kappa shape index (κ2) is 14.1.